The summed E-state index contributed by atoms with van der Waals surface area (Å²) >= 11 is 0. The van der Waals surface area contributed by atoms with Crippen LogP contribution in [-0.2, 0) is 11.8 Å². The van der Waals surface area contributed by atoms with Gasteiger partial charge in [-0.05, 0) is 61.4 Å². The van der Waals surface area contributed by atoms with Crippen molar-refractivity contribution in [3.05, 3.63) is 17.0 Å². The number of amides is 1. The van der Waals surface area contributed by atoms with Gasteiger partial charge in [-0.2, -0.15) is 5.10 Å². The Balaban J connectivity index is 2.45. The van der Waals surface area contributed by atoms with Gasteiger partial charge in [-0.25, -0.2) is 4.79 Å². The minimum absolute atomic E-state index is 0.239. The van der Waals surface area contributed by atoms with E-state index in [-0.39, 0.29) is 12.1 Å². The molecule has 0 aromatic carbocycles. The van der Waals surface area contributed by atoms with Crippen LogP contribution in [0.4, 0.5) is 4.79 Å². The predicted octanol–water partition coefficient (Wildman–Crippen LogP) is 3.33. The van der Waals surface area contributed by atoms with E-state index >= 15 is 0 Å². The number of aromatic nitrogens is 2. The van der Waals surface area contributed by atoms with Gasteiger partial charge in [-0.1, -0.05) is 0 Å². The minimum atomic E-state index is -0.452. The van der Waals surface area contributed by atoms with Crippen molar-refractivity contribution >= 4 is 6.09 Å². The van der Waals surface area contributed by atoms with Crippen LogP contribution in [0.15, 0.2) is 0 Å². The van der Waals surface area contributed by atoms with E-state index < -0.39 is 5.60 Å². The van der Waals surface area contributed by atoms with E-state index in [0.29, 0.717) is 13.1 Å². The highest BCUT2D eigenvalue weighted by atomic mass is 16.6. The summed E-state index contributed by atoms with van der Waals surface area (Å²) in [6.45, 7) is 16.1. The van der Waals surface area contributed by atoms with Crippen LogP contribution in [0.5, 0.6) is 0 Å². The van der Waals surface area contributed by atoms with Crippen molar-refractivity contribution < 1.29 is 9.53 Å². The van der Waals surface area contributed by atoms with E-state index in [9.17, 15) is 4.79 Å². The maximum absolute atomic E-state index is 12.1. The lowest BCUT2D eigenvalue weighted by Crippen LogP contribution is -2.38. The van der Waals surface area contributed by atoms with Gasteiger partial charge >= 0.3 is 6.09 Å². The van der Waals surface area contributed by atoms with Crippen LogP contribution in [0.1, 0.15) is 64.0 Å². The fourth-order valence-corrected chi connectivity index (χ4v) is 2.81. The van der Waals surface area contributed by atoms with Crippen molar-refractivity contribution in [3.8, 4) is 0 Å². The number of nitrogens with one attached hydrogen (secondary N) is 1. The molecule has 0 saturated heterocycles. The van der Waals surface area contributed by atoms with Crippen LogP contribution in [0, 0.1) is 13.8 Å². The maximum atomic E-state index is 12.1. The van der Waals surface area contributed by atoms with E-state index in [1.54, 1.807) is 4.90 Å². The molecule has 0 radical (unpaired) electrons. The summed E-state index contributed by atoms with van der Waals surface area (Å²) in [6, 6.07) is 0.246. The number of hydrogen-bond acceptors (Lipinski definition) is 4. The monoisotopic (exact) mass is 338 g/mol. The molecule has 1 unspecified atom stereocenters. The summed E-state index contributed by atoms with van der Waals surface area (Å²) in [5.74, 6) is 0. The first-order valence-electron chi connectivity index (χ1n) is 8.78. The standard InChI is InChI=1S/C18H34N4O2/c1-9-22(17(23)24-18(5,6)7)12-10-11-19-13(2)16-14(3)20-21(8)15(16)4/h13,19H,9-12H2,1-8H3. The van der Waals surface area contributed by atoms with Crippen LogP contribution < -0.4 is 5.32 Å². The zero-order valence-electron chi connectivity index (χ0n) is 16.6. The molecule has 0 aliphatic carbocycles. The van der Waals surface area contributed by atoms with Crippen molar-refractivity contribution in [1.29, 1.82) is 0 Å². The molecular weight excluding hydrogens is 304 g/mol. The number of nitrogens with zero attached hydrogens (tertiary/aromatic N) is 3. The molecule has 0 spiro atoms. The van der Waals surface area contributed by atoms with Gasteiger partial charge in [-0.3, -0.25) is 4.68 Å². The van der Waals surface area contributed by atoms with E-state index in [0.717, 1.165) is 18.7 Å². The number of hydrogen-bond donors (Lipinski definition) is 1. The molecule has 0 aliphatic rings. The molecule has 0 saturated carbocycles. The highest BCUT2D eigenvalue weighted by Gasteiger charge is 2.21. The van der Waals surface area contributed by atoms with Gasteiger partial charge in [-0.15, -0.1) is 0 Å². The van der Waals surface area contributed by atoms with E-state index in [2.05, 4.69) is 24.3 Å². The molecule has 1 aromatic rings. The molecule has 6 nitrogen and oxygen atoms in total. The molecule has 0 fully saturated rings. The fraction of sp³-hybridized carbons (Fsp3) is 0.778. The van der Waals surface area contributed by atoms with Crippen molar-refractivity contribution in [1.82, 2.24) is 20.0 Å². The summed E-state index contributed by atoms with van der Waals surface area (Å²) in [6.07, 6.45) is 0.646. The molecule has 1 heterocycles. The Labute approximate surface area is 146 Å². The molecular formula is C18H34N4O2. The number of carbonyl (C=O) groups is 1. The van der Waals surface area contributed by atoms with Gasteiger partial charge in [0.1, 0.15) is 5.60 Å². The summed E-state index contributed by atoms with van der Waals surface area (Å²) in [4.78, 5) is 13.9. The Bertz CT molecular complexity index is 546. The first-order valence-corrected chi connectivity index (χ1v) is 8.78. The van der Waals surface area contributed by atoms with E-state index in [1.165, 1.54) is 11.3 Å². The number of carbonyl (C=O) groups excluding carboxylic acids is 1. The molecule has 138 valence electrons. The first-order chi connectivity index (χ1) is 11.1. The number of rotatable bonds is 7. The quantitative estimate of drug-likeness (QED) is 0.775. The molecule has 1 N–H and O–H groups in total. The topological polar surface area (TPSA) is 59.4 Å². The zero-order chi connectivity index (χ0) is 18.5. The maximum Gasteiger partial charge on any atom is 0.410 e. The molecule has 1 aromatic heterocycles. The normalized spacial score (nSPS) is 13.0. The highest BCUT2D eigenvalue weighted by molar-refractivity contribution is 5.68. The van der Waals surface area contributed by atoms with E-state index in [1.807, 2.05) is 46.3 Å². The number of aryl methyl sites for hydroxylation is 2. The van der Waals surface area contributed by atoms with Crippen molar-refractivity contribution in [3.63, 3.8) is 0 Å². The molecule has 6 heteroatoms. The third-order valence-electron chi connectivity index (χ3n) is 4.09. The van der Waals surface area contributed by atoms with Gasteiger partial charge < -0.3 is 15.0 Å². The van der Waals surface area contributed by atoms with Gasteiger partial charge in [0.15, 0.2) is 0 Å². The molecule has 24 heavy (non-hydrogen) atoms. The lowest BCUT2D eigenvalue weighted by molar-refractivity contribution is 0.0258. The zero-order valence-corrected chi connectivity index (χ0v) is 16.6. The SMILES string of the molecule is CCN(CCCNC(C)c1c(C)nn(C)c1C)C(=O)OC(C)(C)C. The first kappa shape index (κ1) is 20.5. The third-order valence-corrected chi connectivity index (χ3v) is 4.09. The molecule has 0 aliphatic heterocycles. The van der Waals surface area contributed by atoms with Crippen LogP contribution in [0.25, 0.3) is 0 Å². The van der Waals surface area contributed by atoms with Gasteiger partial charge in [0.25, 0.3) is 0 Å². The highest BCUT2D eigenvalue weighted by Crippen LogP contribution is 2.20. The second-order valence-corrected chi connectivity index (χ2v) is 7.30. The second kappa shape index (κ2) is 8.51. The largest absolute Gasteiger partial charge is 0.444 e. The second-order valence-electron chi connectivity index (χ2n) is 7.30. The minimum Gasteiger partial charge on any atom is -0.444 e. The van der Waals surface area contributed by atoms with Gasteiger partial charge in [0.2, 0.25) is 0 Å². The Morgan fingerprint density at radius 3 is 2.46 bits per heavy atom. The van der Waals surface area contributed by atoms with Crippen molar-refractivity contribution in [2.75, 3.05) is 19.6 Å². The fourth-order valence-electron chi connectivity index (χ4n) is 2.81. The predicted molar refractivity (Wildman–Crippen MR) is 97.2 cm³/mol. The average molecular weight is 338 g/mol. The van der Waals surface area contributed by atoms with Crippen LogP contribution >= 0.6 is 0 Å². The molecule has 0 bridgehead atoms. The van der Waals surface area contributed by atoms with Crippen LogP contribution in [-0.4, -0.2) is 46.0 Å². The van der Waals surface area contributed by atoms with Crippen LogP contribution in [0.3, 0.4) is 0 Å². The lowest BCUT2D eigenvalue weighted by Gasteiger charge is -2.26. The molecule has 1 atom stereocenters. The third kappa shape index (κ3) is 5.82. The summed E-state index contributed by atoms with van der Waals surface area (Å²) < 4.78 is 7.35. The summed E-state index contributed by atoms with van der Waals surface area (Å²) in [5.41, 5.74) is 3.07. The Morgan fingerprint density at radius 2 is 2.00 bits per heavy atom. The van der Waals surface area contributed by atoms with Gasteiger partial charge in [0, 0.05) is 37.4 Å². The van der Waals surface area contributed by atoms with Crippen LogP contribution in [0.2, 0.25) is 0 Å². The van der Waals surface area contributed by atoms with Gasteiger partial charge in [0.05, 0.1) is 5.69 Å². The van der Waals surface area contributed by atoms with Crippen molar-refractivity contribution in [2.24, 2.45) is 7.05 Å². The van der Waals surface area contributed by atoms with Crippen molar-refractivity contribution in [2.45, 2.75) is 66.5 Å². The smallest absolute Gasteiger partial charge is 0.410 e. The lowest BCUT2D eigenvalue weighted by atomic mass is 10.1. The Morgan fingerprint density at radius 1 is 1.38 bits per heavy atom. The average Bonchev–Trinajstić information content (AvgIpc) is 2.70. The number of ether oxygens (including phenoxy) is 1. The summed E-state index contributed by atoms with van der Waals surface area (Å²) in [5, 5.41) is 7.99. The van der Waals surface area contributed by atoms with E-state index in [4.69, 9.17) is 4.74 Å². The summed E-state index contributed by atoms with van der Waals surface area (Å²) in [7, 11) is 1.97. The Hall–Kier alpha value is -1.56. The Kier molecular flexibility index (Phi) is 7.27. The molecule has 1 rings (SSSR count). The molecule has 1 amide bonds.